The minimum absolute atomic E-state index is 0.0253. The molecule has 0 radical (unpaired) electrons. The maximum Gasteiger partial charge on any atom is 0.263 e. The lowest BCUT2D eigenvalue weighted by Crippen LogP contribution is -2.39. The van der Waals surface area contributed by atoms with Crippen LogP contribution in [0, 0.1) is 18.8 Å². The molecule has 0 saturated carbocycles. The molecular weight excluding hydrogens is 402 g/mol. The van der Waals surface area contributed by atoms with Crippen molar-refractivity contribution in [2.45, 2.75) is 52.9 Å². The van der Waals surface area contributed by atoms with Gasteiger partial charge in [0.2, 0.25) is 5.91 Å². The highest BCUT2D eigenvalue weighted by atomic mass is 16.5. The van der Waals surface area contributed by atoms with Crippen LogP contribution >= 0.6 is 0 Å². The van der Waals surface area contributed by atoms with Crippen LogP contribution in [0.3, 0.4) is 0 Å². The minimum Gasteiger partial charge on any atom is -0.356 e. The normalized spacial score (nSPS) is 18.8. The van der Waals surface area contributed by atoms with Crippen molar-refractivity contribution in [2.24, 2.45) is 11.8 Å². The number of amides is 1. The summed E-state index contributed by atoms with van der Waals surface area (Å²) in [4.78, 5) is 24.1. The maximum atomic E-state index is 12.4. The molecule has 32 heavy (non-hydrogen) atoms. The standard InChI is InChI=1S/C25H33N5O2/c1-17-14-18(2)16-30(15-17)24-23-19(3)29-32-25(23)28-21(27-24)11-12-22(31)26-13-7-10-20-8-5-4-6-9-20/h4-6,8-9,17-18H,7,10-16H2,1-3H3,(H,26,31)/t17-,18-/m0/s1. The van der Waals surface area contributed by atoms with Crippen LogP contribution in [0.4, 0.5) is 5.82 Å². The molecule has 2 aromatic heterocycles. The Hall–Kier alpha value is -2.96. The minimum atomic E-state index is 0.0253. The van der Waals surface area contributed by atoms with E-state index in [2.05, 4.69) is 46.3 Å². The highest BCUT2D eigenvalue weighted by molar-refractivity contribution is 5.88. The molecule has 1 saturated heterocycles. The van der Waals surface area contributed by atoms with Gasteiger partial charge < -0.3 is 14.7 Å². The van der Waals surface area contributed by atoms with Crippen LogP contribution in [-0.4, -0.2) is 40.7 Å². The Balaban J connectivity index is 1.37. The van der Waals surface area contributed by atoms with Gasteiger partial charge in [0, 0.05) is 32.5 Å². The molecular formula is C25H33N5O2. The molecule has 0 bridgehead atoms. The second-order valence-electron chi connectivity index (χ2n) is 9.20. The fraction of sp³-hybridized carbons (Fsp3) is 0.520. The van der Waals surface area contributed by atoms with Crippen LogP contribution in [0.5, 0.6) is 0 Å². The topological polar surface area (TPSA) is 84.1 Å². The first kappa shape index (κ1) is 22.2. The number of carbonyl (C=O) groups is 1. The Bertz CT molecular complexity index is 1040. The summed E-state index contributed by atoms with van der Waals surface area (Å²) in [7, 11) is 0. The molecule has 1 aromatic carbocycles. The van der Waals surface area contributed by atoms with E-state index in [1.165, 1.54) is 12.0 Å². The van der Waals surface area contributed by atoms with Crippen molar-refractivity contribution in [3.63, 3.8) is 0 Å². The number of aryl methyl sites for hydroxylation is 3. The van der Waals surface area contributed by atoms with E-state index in [4.69, 9.17) is 9.51 Å². The first-order chi connectivity index (χ1) is 15.5. The third kappa shape index (κ3) is 5.44. The summed E-state index contributed by atoms with van der Waals surface area (Å²) >= 11 is 0. The van der Waals surface area contributed by atoms with E-state index in [1.54, 1.807) is 0 Å². The van der Waals surface area contributed by atoms with Gasteiger partial charge in [-0.25, -0.2) is 4.98 Å². The van der Waals surface area contributed by atoms with Crippen LogP contribution in [-0.2, 0) is 17.6 Å². The highest BCUT2D eigenvalue weighted by Crippen LogP contribution is 2.31. The molecule has 0 aliphatic carbocycles. The van der Waals surface area contributed by atoms with Crippen LogP contribution in [0.2, 0.25) is 0 Å². The van der Waals surface area contributed by atoms with E-state index in [0.29, 0.717) is 42.8 Å². The number of rotatable bonds is 8. The monoisotopic (exact) mass is 435 g/mol. The summed E-state index contributed by atoms with van der Waals surface area (Å²) in [5.41, 5.74) is 2.61. The summed E-state index contributed by atoms with van der Waals surface area (Å²) in [5.74, 6) is 2.76. The zero-order valence-electron chi connectivity index (χ0n) is 19.3. The fourth-order valence-corrected chi connectivity index (χ4v) is 4.67. The van der Waals surface area contributed by atoms with E-state index in [9.17, 15) is 4.79 Å². The van der Waals surface area contributed by atoms with E-state index in [-0.39, 0.29) is 5.91 Å². The summed E-state index contributed by atoms with van der Waals surface area (Å²) in [6.45, 7) is 9.09. The van der Waals surface area contributed by atoms with Gasteiger partial charge in [0.05, 0.1) is 5.69 Å². The summed E-state index contributed by atoms with van der Waals surface area (Å²) in [6.07, 6.45) is 3.94. The molecule has 1 aliphatic heterocycles. The Labute approximate surface area is 189 Å². The van der Waals surface area contributed by atoms with Gasteiger partial charge >= 0.3 is 0 Å². The zero-order chi connectivity index (χ0) is 22.5. The zero-order valence-corrected chi connectivity index (χ0v) is 19.3. The lowest BCUT2D eigenvalue weighted by atomic mass is 9.92. The molecule has 7 heteroatoms. The van der Waals surface area contributed by atoms with Crippen molar-refractivity contribution in [3.8, 4) is 0 Å². The highest BCUT2D eigenvalue weighted by Gasteiger charge is 2.27. The van der Waals surface area contributed by atoms with E-state index in [0.717, 1.165) is 42.8 Å². The van der Waals surface area contributed by atoms with E-state index < -0.39 is 0 Å². The van der Waals surface area contributed by atoms with Gasteiger partial charge in [0.25, 0.3) is 5.71 Å². The largest absolute Gasteiger partial charge is 0.356 e. The number of hydrogen-bond donors (Lipinski definition) is 1. The molecule has 1 aliphatic rings. The number of hydrogen-bond acceptors (Lipinski definition) is 6. The average molecular weight is 436 g/mol. The maximum absolute atomic E-state index is 12.4. The predicted molar refractivity (Wildman–Crippen MR) is 126 cm³/mol. The first-order valence-corrected chi connectivity index (χ1v) is 11.7. The van der Waals surface area contributed by atoms with Crippen molar-refractivity contribution in [1.82, 2.24) is 20.4 Å². The number of benzene rings is 1. The number of carbonyl (C=O) groups excluding carboxylic acids is 1. The summed E-state index contributed by atoms with van der Waals surface area (Å²) in [6, 6.07) is 10.3. The summed E-state index contributed by atoms with van der Waals surface area (Å²) < 4.78 is 5.47. The van der Waals surface area contributed by atoms with Gasteiger partial charge in [-0.15, -0.1) is 0 Å². The van der Waals surface area contributed by atoms with Crippen LogP contribution in [0.15, 0.2) is 34.9 Å². The Morgan fingerprint density at radius 1 is 1.12 bits per heavy atom. The Morgan fingerprint density at radius 2 is 1.88 bits per heavy atom. The number of nitrogens with one attached hydrogen (secondary N) is 1. The van der Waals surface area contributed by atoms with Gasteiger partial charge in [-0.2, -0.15) is 4.98 Å². The molecule has 1 amide bonds. The smallest absolute Gasteiger partial charge is 0.263 e. The lowest BCUT2D eigenvalue weighted by Gasteiger charge is -2.36. The number of fused-ring (bicyclic) bond motifs is 1. The summed E-state index contributed by atoms with van der Waals surface area (Å²) in [5, 5.41) is 8.02. The van der Waals surface area contributed by atoms with E-state index >= 15 is 0 Å². The fourth-order valence-electron chi connectivity index (χ4n) is 4.67. The van der Waals surface area contributed by atoms with Crippen LogP contribution < -0.4 is 10.2 Å². The van der Waals surface area contributed by atoms with Gasteiger partial charge in [-0.3, -0.25) is 4.79 Å². The number of piperidine rings is 1. The lowest BCUT2D eigenvalue weighted by molar-refractivity contribution is -0.121. The molecule has 0 unspecified atom stereocenters. The Kier molecular flexibility index (Phi) is 7.02. The molecule has 0 spiro atoms. The molecule has 3 aromatic rings. The average Bonchev–Trinajstić information content (AvgIpc) is 3.15. The molecule has 1 N–H and O–H groups in total. The molecule has 4 rings (SSSR count). The third-order valence-corrected chi connectivity index (χ3v) is 6.09. The molecule has 2 atom stereocenters. The van der Waals surface area contributed by atoms with Crippen molar-refractivity contribution in [1.29, 1.82) is 0 Å². The second-order valence-corrected chi connectivity index (χ2v) is 9.20. The van der Waals surface area contributed by atoms with Gasteiger partial charge in [0.15, 0.2) is 0 Å². The Morgan fingerprint density at radius 3 is 2.62 bits per heavy atom. The van der Waals surface area contributed by atoms with E-state index in [1.807, 2.05) is 25.1 Å². The number of anilines is 1. The number of nitrogens with zero attached hydrogens (tertiary/aromatic N) is 4. The first-order valence-electron chi connectivity index (χ1n) is 11.7. The second kappa shape index (κ2) is 10.1. The predicted octanol–water partition coefficient (Wildman–Crippen LogP) is 4.09. The van der Waals surface area contributed by atoms with Gasteiger partial charge in [-0.1, -0.05) is 49.3 Å². The SMILES string of the molecule is Cc1noc2nc(CCC(=O)NCCCc3ccccc3)nc(N3C[C@@H](C)C[C@H](C)C3)c12. The molecule has 170 valence electrons. The molecule has 3 heterocycles. The van der Waals surface area contributed by atoms with Crippen molar-refractivity contribution in [2.75, 3.05) is 24.5 Å². The number of aromatic nitrogens is 3. The van der Waals surface area contributed by atoms with Crippen molar-refractivity contribution < 1.29 is 9.32 Å². The third-order valence-electron chi connectivity index (χ3n) is 6.09. The van der Waals surface area contributed by atoms with Gasteiger partial charge in [-0.05, 0) is 43.6 Å². The van der Waals surface area contributed by atoms with Gasteiger partial charge in [0.1, 0.15) is 17.0 Å². The van der Waals surface area contributed by atoms with Crippen LogP contribution in [0.1, 0.15) is 50.2 Å². The van der Waals surface area contributed by atoms with Crippen molar-refractivity contribution in [3.05, 3.63) is 47.4 Å². The van der Waals surface area contributed by atoms with Crippen molar-refractivity contribution >= 4 is 22.8 Å². The molecule has 1 fully saturated rings. The van der Waals surface area contributed by atoms with Crippen LogP contribution in [0.25, 0.3) is 11.1 Å². The molecule has 7 nitrogen and oxygen atoms in total. The quantitative estimate of drug-likeness (QED) is 0.537.